The smallest absolute Gasteiger partial charge is 0.251 e. The summed E-state index contributed by atoms with van der Waals surface area (Å²) in [6.07, 6.45) is 3.33. The maximum absolute atomic E-state index is 13.9. The van der Waals surface area contributed by atoms with Gasteiger partial charge in [0, 0.05) is 47.0 Å². The normalized spacial score (nSPS) is 12.2. The van der Waals surface area contributed by atoms with Crippen LogP contribution in [0.5, 0.6) is 0 Å². The van der Waals surface area contributed by atoms with Crippen LogP contribution >= 0.6 is 15.9 Å². The van der Waals surface area contributed by atoms with E-state index in [2.05, 4.69) is 26.1 Å². The zero-order valence-corrected chi connectivity index (χ0v) is 20.2. The number of halogens is 2. The van der Waals surface area contributed by atoms with Gasteiger partial charge in [0.15, 0.2) is 0 Å². The van der Waals surface area contributed by atoms with Crippen molar-refractivity contribution in [2.45, 2.75) is 6.04 Å². The van der Waals surface area contributed by atoms with Crippen LogP contribution in [0.3, 0.4) is 0 Å². The SMILES string of the molecule is Cn1cc(-c2n[nH]c3ccc(-c4ccn(C(CO)c5cc(F)cc(Br)c5)c(=O)c4)cc23)ccc1=O. The second-order valence-electron chi connectivity index (χ2n) is 8.26. The number of aromatic nitrogens is 4. The molecule has 9 heteroatoms. The van der Waals surface area contributed by atoms with E-state index in [0.29, 0.717) is 21.3 Å². The van der Waals surface area contributed by atoms with E-state index in [-0.39, 0.29) is 17.7 Å². The van der Waals surface area contributed by atoms with E-state index >= 15 is 0 Å². The van der Waals surface area contributed by atoms with E-state index in [1.165, 1.54) is 33.4 Å². The molecule has 2 N–H and O–H groups in total. The van der Waals surface area contributed by atoms with Crippen molar-refractivity contribution in [2.75, 3.05) is 6.61 Å². The van der Waals surface area contributed by atoms with Crippen LogP contribution in [0.1, 0.15) is 11.6 Å². The van der Waals surface area contributed by atoms with Gasteiger partial charge in [-0.05, 0) is 59.2 Å². The van der Waals surface area contributed by atoms with Crippen LogP contribution in [0.4, 0.5) is 4.39 Å². The molecule has 0 amide bonds. The molecule has 2 aromatic carbocycles. The van der Waals surface area contributed by atoms with Crippen molar-refractivity contribution in [3.8, 4) is 22.4 Å². The Morgan fingerprint density at radius 1 is 1.00 bits per heavy atom. The number of hydrogen-bond acceptors (Lipinski definition) is 4. The lowest BCUT2D eigenvalue weighted by Gasteiger charge is -2.19. The standard InChI is InChI=1S/C26H20BrFN4O3/c1-31-13-17(3-5-24(31)34)26-21-10-15(2-4-22(21)29-30-26)16-6-7-32(25(35)11-16)23(14-33)18-8-19(27)12-20(28)9-18/h2-13,23,33H,14H2,1H3,(H,29,30). The Hall–Kier alpha value is -3.82. The Kier molecular flexibility index (Phi) is 5.96. The maximum Gasteiger partial charge on any atom is 0.251 e. The Bertz CT molecular complexity index is 1670. The van der Waals surface area contributed by atoms with Crippen molar-refractivity contribution in [2.24, 2.45) is 7.05 Å². The highest BCUT2D eigenvalue weighted by atomic mass is 79.9. The molecule has 0 aliphatic heterocycles. The predicted molar refractivity (Wildman–Crippen MR) is 136 cm³/mol. The van der Waals surface area contributed by atoms with Gasteiger partial charge in [0.2, 0.25) is 5.56 Å². The zero-order valence-electron chi connectivity index (χ0n) is 18.6. The molecule has 1 unspecified atom stereocenters. The monoisotopic (exact) mass is 534 g/mol. The number of aromatic amines is 1. The number of benzene rings is 2. The number of rotatable bonds is 5. The van der Waals surface area contributed by atoms with Gasteiger partial charge in [-0.15, -0.1) is 0 Å². The molecular weight excluding hydrogens is 515 g/mol. The van der Waals surface area contributed by atoms with Gasteiger partial charge < -0.3 is 14.2 Å². The number of nitrogens with one attached hydrogen (secondary N) is 1. The molecule has 7 nitrogen and oxygen atoms in total. The van der Waals surface area contributed by atoms with E-state index in [9.17, 15) is 19.1 Å². The van der Waals surface area contributed by atoms with Gasteiger partial charge in [0.05, 0.1) is 18.2 Å². The van der Waals surface area contributed by atoms with E-state index in [1.807, 2.05) is 18.2 Å². The lowest BCUT2D eigenvalue weighted by atomic mass is 10.0. The number of aliphatic hydroxyl groups excluding tert-OH is 1. The number of aryl methyl sites for hydroxylation is 1. The fourth-order valence-electron chi connectivity index (χ4n) is 4.20. The average Bonchev–Trinajstić information content (AvgIpc) is 3.25. The first-order valence-corrected chi connectivity index (χ1v) is 11.6. The summed E-state index contributed by atoms with van der Waals surface area (Å²) >= 11 is 3.26. The largest absolute Gasteiger partial charge is 0.394 e. The van der Waals surface area contributed by atoms with Crippen molar-refractivity contribution >= 4 is 26.8 Å². The third-order valence-electron chi connectivity index (χ3n) is 5.98. The first kappa shape index (κ1) is 22.9. The van der Waals surface area contributed by atoms with Gasteiger partial charge in [-0.3, -0.25) is 14.7 Å². The molecule has 5 rings (SSSR count). The summed E-state index contributed by atoms with van der Waals surface area (Å²) in [4.78, 5) is 24.8. The Labute approximate surface area is 207 Å². The molecule has 176 valence electrons. The highest BCUT2D eigenvalue weighted by Gasteiger charge is 2.17. The molecule has 35 heavy (non-hydrogen) atoms. The number of nitrogens with zero attached hydrogens (tertiary/aromatic N) is 3. The molecular formula is C26H20BrFN4O3. The van der Waals surface area contributed by atoms with Gasteiger partial charge in [-0.1, -0.05) is 22.0 Å². The van der Waals surface area contributed by atoms with Gasteiger partial charge in [0.25, 0.3) is 5.56 Å². The number of aliphatic hydroxyl groups is 1. The van der Waals surface area contributed by atoms with E-state index in [1.54, 1.807) is 37.6 Å². The average molecular weight is 535 g/mol. The minimum absolute atomic E-state index is 0.110. The van der Waals surface area contributed by atoms with Crippen molar-refractivity contribution in [3.63, 3.8) is 0 Å². The van der Waals surface area contributed by atoms with Gasteiger partial charge in [-0.25, -0.2) is 4.39 Å². The van der Waals surface area contributed by atoms with E-state index in [0.717, 1.165) is 22.0 Å². The zero-order chi connectivity index (χ0) is 24.7. The molecule has 3 heterocycles. The molecule has 1 atom stereocenters. The summed E-state index contributed by atoms with van der Waals surface area (Å²) in [5.41, 5.74) is 3.86. The van der Waals surface area contributed by atoms with E-state index < -0.39 is 11.9 Å². The number of hydrogen-bond donors (Lipinski definition) is 2. The minimum atomic E-state index is -0.726. The molecule has 0 spiro atoms. The molecule has 0 radical (unpaired) electrons. The molecule has 0 aliphatic rings. The summed E-state index contributed by atoms with van der Waals surface area (Å²) in [6.45, 7) is -0.362. The molecule has 0 saturated heterocycles. The summed E-state index contributed by atoms with van der Waals surface area (Å²) in [5.74, 6) is -0.458. The van der Waals surface area contributed by atoms with Gasteiger partial charge in [0.1, 0.15) is 11.5 Å². The number of pyridine rings is 2. The first-order valence-electron chi connectivity index (χ1n) is 10.8. The predicted octanol–water partition coefficient (Wildman–Crippen LogP) is 4.24. The quantitative estimate of drug-likeness (QED) is 0.352. The minimum Gasteiger partial charge on any atom is -0.394 e. The first-order chi connectivity index (χ1) is 16.8. The maximum atomic E-state index is 13.9. The van der Waals surface area contributed by atoms with Crippen molar-refractivity contribution in [1.29, 1.82) is 0 Å². The summed E-state index contributed by atoms with van der Waals surface area (Å²) in [7, 11) is 1.68. The van der Waals surface area contributed by atoms with Crippen molar-refractivity contribution in [3.05, 3.63) is 110 Å². The summed E-state index contributed by atoms with van der Waals surface area (Å²) in [5, 5.41) is 18.2. The van der Waals surface area contributed by atoms with Crippen LogP contribution in [0.25, 0.3) is 33.3 Å². The molecule has 0 aliphatic carbocycles. The molecule has 0 bridgehead atoms. The molecule has 0 fully saturated rings. The Morgan fingerprint density at radius 2 is 1.77 bits per heavy atom. The molecule has 3 aromatic heterocycles. The van der Waals surface area contributed by atoms with Gasteiger partial charge in [-0.2, -0.15) is 5.10 Å². The third-order valence-corrected chi connectivity index (χ3v) is 6.44. The second kappa shape index (κ2) is 9.09. The molecule has 5 aromatic rings. The van der Waals surface area contributed by atoms with Crippen molar-refractivity contribution in [1.82, 2.24) is 19.3 Å². The lowest BCUT2D eigenvalue weighted by molar-refractivity contribution is 0.246. The fourth-order valence-corrected chi connectivity index (χ4v) is 4.68. The number of H-pyrrole nitrogens is 1. The highest BCUT2D eigenvalue weighted by molar-refractivity contribution is 9.10. The van der Waals surface area contributed by atoms with Crippen LogP contribution < -0.4 is 11.1 Å². The van der Waals surface area contributed by atoms with Gasteiger partial charge >= 0.3 is 0 Å². The van der Waals surface area contributed by atoms with Crippen molar-refractivity contribution < 1.29 is 9.50 Å². The second-order valence-corrected chi connectivity index (χ2v) is 9.18. The van der Waals surface area contributed by atoms with Crippen LogP contribution in [0, 0.1) is 5.82 Å². The van der Waals surface area contributed by atoms with E-state index in [4.69, 9.17) is 0 Å². The summed E-state index contributed by atoms with van der Waals surface area (Å²) < 4.78 is 17.3. The van der Waals surface area contributed by atoms with Crippen LogP contribution in [0.2, 0.25) is 0 Å². The number of fused-ring (bicyclic) bond motifs is 1. The van der Waals surface area contributed by atoms with Crippen LogP contribution in [-0.4, -0.2) is 31.0 Å². The fraction of sp³-hybridized carbons (Fsp3) is 0.115. The van der Waals surface area contributed by atoms with Crippen LogP contribution in [-0.2, 0) is 7.05 Å². The molecule has 0 saturated carbocycles. The topological polar surface area (TPSA) is 92.9 Å². The Balaban J connectivity index is 1.55. The lowest BCUT2D eigenvalue weighted by Crippen LogP contribution is -2.27. The Morgan fingerprint density at radius 3 is 2.49 bits per heavy atom. The summed E-state index contributed by atoms with van der Waals surface area (Å²) in [6, 6.07) is 15.8. The highest BCUT2D eigenvalue weighted by Crippen LogP contribution is 2.30. The third kappa shape index (κ3) is 4.36. The van der Waals surface area contributed by atoms with Crippen LogP contribution in [0.15, 0.2) is 87.1 Å².